The first-order valence-corrected chi connectivity index (χ1v) is 5.57. The Balaban J connectivity index is 2.89. The minimum Gasteiger partial charge on any atom is -0.492 e. The molecule has 0 aromatic heterocycles. The van der Waals surface area contributed by atoms with Gasteiger partial charge in [-0.15, -0.1) is 0 Å². The second-order valence-corrected chi connectivity index (χ2v) is 3.32. The Morgan fingerprint density at radius 3 is 2.93 bits per heavy atom. The first kappa shape index (κ1) is 12.0. The van der Waals surface area contributed by atoms with Gasteiger partial charge in [-0.2, -0.15) is 0 Å². The number of hydrogen-bond acceptors (Lipinski definition) is 2. The van der Waals surface area contributed by atoms with Gasteiger partial charge in [0.05, 0.1) is 17.6 Å². The predicted molar refractivity (Wildman–Crippen MR) is 60.0 cm³/mol. The zero-order valence-corrected chi connectivity index (χ0v) is 9.80. The van der Waals surface area contributed by atoms with E-state index in [1.165, 1.54) is 18.2 Å². The Kier molecular flexibility index (Phi) is 4.55. The van der Waals surface area contributed by atoms with Crippen LogP contribution in [0.5, 0.6) is 5.75 Å². The number of amides is 1. The van der Waals surface area contributed by atoms with Gasteiger partial charge in [0.1, 0.15) is 11.6 Å². The Labute approximate surface area is 95.7 Å². The van der Waals surface area contributed by atoms with Crippen LogP contribution in [0.4, 0.5) is 10.1 Å². The number of hydrogen-bond donors (Lipinski definition) is 1. The number of rotatable bonds is 4. The number of halogens is 2. The lowest BCUT2D eigenvalue weighted by Gasteiger charge is -2.10. The van der Waals surface area contributed by atoms with Crippen molar-refractivity contribution in [1.29, 1.82) is 0 Å². The van der Waals surface area contributed by atoms with E-state index in [-0.39, 0.29) is 11.2 Å². The van der Waals surface area contributed by atoms with Crippen molar-refractivity contribution in [3.8, 4) is 5.75 Å². The van der Waals surface area contributed by atoms with Crippen molar-refractivity contribution in [3.63, 3.8) is 0 Å². The van der Waals surface area contributed by atoms with Crippen molar-refractivity contribution in [2.24, 2.45) is 0 Å². The second kappa shape index (κ2) is 5.70. The summed E-state index contributed by atoms with van der Waals surface area (Å²) in [5.41, 5.74) is 0.475. The normalized spacial score (nSPS) is 9.80. The lowest BCUT2D eigenvalue weighted by molar-refractivity contribution is -0.113. The van der Waals surface area contributed by atoms with Crippen LogP contribution in [0.2, 0.25) is 0 Å². The summed E-state index contributed by atoms with van der Waals surface area (Å²) in [6.07, 6.45) is 0. The molecular weight excluding hydrogens is 265 g/mol. The van der Waals surface area contributed by atoms with Crippen molar-refractivity contribution >= 4 is 27.5 Å². The Morgan fingerprint density at radius 2 is 2.33 bits per heavy atom. The van der Waals surface area contributed by atoms with Gasteiger partial charge >= 0.3 is 0 Å². The highest BCUT2D eigenvalue weighted by atomic mass is 79.9. The van der Waals surface area contributed by atoms with E-state index in [0.717, 1.165) is 0 Å². The molecule has 1 aromatic rings. The highest BCUT2D eigenvalue weighted by Gasteiger charge is 2.07. The van der Waals surface area contributed by atoms with Crippen LogP contribution in [0.25, 0.3) is 0 Å². The summed E-state index contributed by atoms with van der Waals surface area (Å²) in [5, 5.41) is 2.79. The zero-order valence-electron chi connectivity index (χ0n) is 8.22. The van der Waals surface area contributed by atoms with Crippen LogP contribution >= 0.6 is 15.9 Å². The molecule has 82 valence electrons. The molecule has 5 heteroatoms. The van der Waals surface area contributed by atoms with E-state index in [1.54, 1.807) is 6.92 Å². The highest BCUT2D eigenvalue weighted by molar-refractivity contribution is 9.09. The zero-order chi connectivity index (χ0) is 11.3. The summed E-state index contributed by atoms with van der Waals surface area (Å²) in [7, 11) is 0. The monoisotopic (exact) mass is 275 g/mol. The Hall–Kier alpha value is -1.10. The summed E-state index contributed by atoms with van der Waals surface area (Å²) in [6.45, 7) is 2.21. The second-order valence-electron chi connectivity index (χ2n) is 2.76. The summed E-state index contributed by atoms with van der Waals surface area (Å²) in [6, 6.07) is 3.99. The molecule has 0 aliphatic heterocycles. The van der Waals surface area contributed by atoms with Gasteiger partial charge in [-0.25, -0.2) is 4.39 Å². The maximum Gasteiger partial charge on any atom is 0.235 e. The maximum absolute atomic E-state index is 12.9. The lowest BCUT2D eigenvalue weighted by atomic mass is 10.3. The minimum atomic E-state index is -0.393. The molecule has 0 spiro atoms. The van der Waals surface area contributed by atoms with E-state index in [2.05, 4.69) is 21.2 Å². The molecule has 0 aliphatic rings. The van der Waals surface area contributed by atoms with Gasteiger partial charge in [0.15, 0.2) is 0 Å². The maximum atomic E-state index is 12.9. The summed E-state index contributed by atoms with van der Waals surface area (Å²) in [4.78, 5) is 11.1. The SMILES string of the molecule is CCOc1cc(F)ccc1NC(=O)CBr. The number of anilines is 1. The van der Waals surface area contributed by atoms with Crippen LogP contribution in [-0.2, 0) is 4.79 Å². The molecule has 15 heavy (non-hydrogen) atoms. The number of nitrogens with one attached hydrogen (secondary N) is 1. The molecule has 0 saturated carbocycles. The topological polar surface area (TPSA) is 38.3 Å². The minimum absolute atomic E-state index is 0.190. The van der Waals surface area contributed by atoms with Crippen LogP contribution in [0.1, 0.15) is 6.92 Å². The average molecular weight is 276 g/mol. The van der Waals surface area contributed by atoms with Gasteiger partial charge < -0.3 is 10.1 Å². The molecule has 0 heterocycles. The van der Waals surface area contributed by atoms with Crippen LogP contribution in [0.3, 0.4) is 0 Å². The molecule has 1 aromatic carbocycles. The molecule has 0 unspecified atom stereocenters. The first-order valence-electron chi connectivity index (χ1n) is 4.45. The van der Waals surface area contributed by atoms with Gasteiger partial charge in [-0.05, 0) is 19.1 Å². The molecule has 0 fully saturated rings. The van der Waals surface area contributed by atoms with Crippen molar-refractivity contribution in [2.75, 3.05) is 17.3 Å². The predicted octanol–water partition coefficient (Wildman–Crippen LogP) is 2.56. The van der Waals surface area contributed by atoms with Crippen LogP contribution in [-0.4, -0.2) is 17.8 Å². The lowest BCUT2D eigenvalue weighted by Crippen LogP contribution is -2.13. The molecule has 0 atom stereocenters. The average Bonchev–Trinajstić information content (AvgIpc) is 2.22. The summed E-state index contributed by atoms with van der Waals surface area (Å²) >= 11 is 3.02. The van der Waals surface area contributed by atoms with Gasteiger partial charge in [-0.3, -0.25) is 4.79 Å². The third-order valence-electron chi connectivity index (χ3n) is 1.64. The third kappa shape index (κ3) is 3.51. The molecule has 0 saturated heterocycles. The van der Waals surface area contributed by atoms with Crippen molar-refractivity contribution in [2.45, 2.75) is 6.92 Å². The molecule has 1 amide bonds. The van der Waals surface area contributed by atoms with Crippen molar-refractivity contribution in [1.82, 2.24) is 0 Å². The molecule has 0 bridgehead atoms. The van der Waals surface area contributed by atoms with Gasteiger partial charge in [0, 0.05) is 6.07 Å². The number of carbonyl (C=O) groups excluding carboxylic acids is 1. The number of carbonyl (C=O) groups is 1. The fraction of sp³-hybridized carbons (Fsp3) is 0.300. The number of alkyl halides is 1. The quantitative estimate of drug-likeness (QED) is 0.858. The summed E-state index contributed by atoms with van der Waals surface area (Å²) in [5.74, 6) is -0.260. The number of ether oxygens (including phenoxy) is 1. The van der Waals surface area contributed by atoms with E-state index < -0.39 is 5.82 Å². The van der Waals surface area contributed by atoms with Gasteiger partial charge in [0.25, 0.3) is 0 Å². The van der Waals surface area contributed by atoms with Crippen molar-refractivity contribution in [3.05, 3.63) is 24.0 Å². The molecular formula is C10H11BrFNO2. The van der Waals surface area contributed by atoms with E-state index >= 15 is 0 Å². The fourth-order valence-corrected chi connectivity index (χ4v) is 1.20. The van der Waals surface area contributed by atoms with Gasteiger partial charge in [0.2, 0.25) is 5.91 Å². The Bertz CT molecular complexity index is 357. The van der Waals surface area contributed by atoms with E-state index in [0.29, 0.717) is 18.0 Å². The van der Waals surface area contributed by atoms with E-state index in [1.807, 2.05) is 0 Å². The summed E-state index contributed by atoms with van der Waals surface area (Å²) < 4.78 is 18.1. The third-order valence-corrected chi connectivity index (χ3v) is 2.15. The van der Waals surface area contributed by atoms with Crippen LogP contribution in [0.15, 0.2) is 18.2 Å². The Morgan fingerprint density at radius 1 is 1.60 bits per heavy atom. The standard InChI is InChI=1S/C10H11BrFNO2/c1-2-15-9-5-7(12)3-4-8(9)13-10(14)6-11/h3-5H,2,6H2,1H3,(H,13,14). The molecule has 1 N–H and O–H groups in total. The van der Waals surface area contributed by atoms with Gasteiger partial charge in [-0.1, -0.05) is 15.9 Å². The molecule has 3 nitrogen and oxygen atoms in total. The van der Waals surface area contributed by atoms with E-state index in [4.69, 9.17) is 4.74 Å². The molecule has 1 rings (SSSR count). The fourth-order valence-electron chi connectivity index (χ4n) is 1.06. The van der Waals surface area contributed by atoms with Crippen LogP contribution < -0.4 is 10.1 Å². The van der Waals surface area contributed by atoms with Crippen molar-refractivity contribution < 1.29 is 13.9 Å². The van der Waals surface area contributed by atoms with E-state index in [9.17, 15) is 9.18 Å². The smallest absolute Gasteiger partial charge is 0.235 e. The van der Waals surface area contributed by atoms with Crippen LogP contribution in [0, 0.1) is 5.82 Å². The molecule has 0 aliphatic carbocycles. The number of benzene rings is 1. The highest BCUT2D eigenvalue weighted by Crippen LogP contribution is 2.25. The largest absolute Gasteiger partial charge is 0.492 e. The first-order chi connectivity index (χ1) is 7.17. The molecule has 0 radical (unpaired) electrons.